The number of aryl methyl sites for hydroxylation is 3. The number of carbonyl (C=O) groups is 2. The molecule has 0 spiro atoms. The lowest BCUT2D eigenvalue weighted by molar-refractivity contribution is -0.131. The second-order valence-corrected chi connectivity index (χ2v) is 8.12. The minimum absolute atomic E-state index is 0.0290. The van der Waals surface area contributed by atoms with Gasteiger partial charge in [-0.25, -0.2) is 9.50 Å². The van der Waals surface area contributed by atoms with Crippen molar-refractivity contribution in [3.63, 3.8) is 0 Å². The first-order valence-electron chi connectivity index (χ1n) is 10.6. The molecule has 0 unspecified atom stereocenters. The summed E-state index contributed by atoms with van der Waals surface area (Å²) in [7, 11) is 3.47. The molecular formula is C24H31N5O2. The van der Waals surface area contributed by atoms with Crippen LogP contribution in [0.25, 0.3) is 5.65 Å². The zero-order valence-corrected chi connectivity index (χ0v) is 19.3. The maximum Gasteiger partial charge on any atom is 0.253 e. The Morgan fingerprint density at radius 2 is 1.74 bits per heavy atom. The molecule has 3 rings (SSSR count). The summed E-state index contributed by atoms with van der Waals surface area (Å²) in [5.74, 6) is 0.0742. The van der Waals surface area contributed by atoms with Crippen LogP contribution in [0.4, 0.5) is 0 Å². The van der Waals surface area contributed by atoms with Crippen molar-refractivity contribution >= 4 is 17.5 Å². The molecule has 2 amide bonds. The molecule has 0 aliphatic heterocycles. The Hall–Kier alpha value is -3.22. The predicted octanol–water partition coefficient (Wildman–Crippen LogP) is 3.34. The van der Waals surface area contributed by atoms with Crippen LogP contribution in [0.1, 0.15) is 51.9 Å². The molecule has 7 heteroatoms. The Morgan fingerprint density at radius 3 is 2.35 bits per heavy atom. The van der Waals surface area contributed by atoms with Crippen LogP contribution in [0.15, 0.2) is 30.3 Å². The molecule has 0 saturated heterocycles. The highest BCUT2D eigenvalue weighted by Crippen LogP contribution is 2.18. The molecule has 7 nitrogen and oxygen atoms in total. The van der Waals surface area contributed by atoms with Gasteiger partial charge in [-0.1, -0.05) is 12.1 Å². The quantitative estimate of drug-likeness (QED) is 0.587. The van der Waals surface area contributed by atoms with Crippen molar-refractivity contribution in [2.75, 3.05) is 20.6 Å². The third kappa shape index (κ3) is 4.93. The largest absolute Gasteiger partial charge is 0.345 e. The van der Waals surface area contributed by atoms with Gasteiger partial charge in [0.05, 0.1) is 5.69 Å². The normalized spacial score (nSPS) is 11.0. The molecule has 31 heavy (non-hydrogen) atoms. The van der Waals surface area contributed by atoms with Crippen molar-refractivity contribution in [3.8, 4) is 0 Å². The van der Waals surface area contributed by atoms with E-state index in [0.717, 1.165) is 33.9 Å². The fraction of sp³-hybridized carbons (Fsp3) is 0.417. The third-order valence-corrected chi connectivity index (χ3v) is 5.59. The Labute approximate surface area is 183 Å². The average Bonchev–Trinajstić information content (AvgIpc) is 3.11. The smallest absolute Gasteiger partial charge is 0.253 e. The first-order valence-corrected chi connectivity index (χ1v) is 10.6. The number of fused-ring (bicyclic) bond motifs is 1. The molecule has 0 N–H and O–H groups in total. The van der Waals surface area contributed by atoms with Crippen LogP contribution in [-0.4, -0.2) is 56.9 Å². The number of hydrogen-bond donors (Lipinski definition) is 0. The molecule has 0 bridgehead atoms. The number of nitrogens with zero attached hydrogens (tertiary/aromatic N) is 5. The van der Waals surface area contributed by atoms with Crippen molar-refractivity contribution < 1.29 is 9.59 Å². The molecule has 1 aromatic carbocycles. The van der Waals surface area contributed by atoms with Crippen molar-refractivity contribution in [1.82, 2.24) is 24.4 Å². The minimum Gasteiger partial charge on any atom is -0.345 e. The molecule has 164 valence electrons. The molecular weight excluding hydrogens is 390 g/mol. The molecule has 0 fully saturated rings. The summed E-state index contributed by atoms with van der Waals surface area (Å²) >= 11 is 0. The highest BCUT2D eigenvalue weighted by Gasteiger charge is 2.17. The first-order chi connectivity index (χ1) is 14.7. The number of benzene rings is 1. The molecule has 0 aliphatic carbocycles. The zero-order chi connectivity index (χ0) is 22.7. The topological polar surface area (TPSA) is 70.8 Å². The Morgan fingerprint density at radius 1 is 1.06 bits per heavy atom. The van der Waals surface area contributed by atoms with Crippen molar-refractivity contribution in [3.05, 3.63) is 64.1 Å². The molecule has 0 atom stereocenters. The van der Waals surface area contributed by atoms with E-state index in [-0.39, 0.29) is 11.8 Å². The summed E-state index contributed by atoms with van der Waals surface area (Å²) in [4.78, 5) is 33.0. The van der Waals surface area contributed by atoms with Gasteiger partial charge in [-0.15, -0.1) is 0 Å². The number of hydrogen-bond acceptors (Lipinski definition) is 4. The van der Waals surface area contributed by atoms with Gasteiger partial charge in [0.15, 0.2) is 5.65 Å². The highest BCUT2D eigenvalue weighted by molar-refractivity contribution is 5.93. The van der Waals surface area contributed by atoms with Gasteiger partial charge in [-0.2, -0.15) is 5.10 Å². The summed E-state index contributed by atoms with van der Waals surface area (Å²) in [6.07, 6.45) is 1.05. The average molecular weight is 422 g/mol. The van der Waals surface area contributed by atoms with Gasteiger partial charge in [0.25, 0.3) is 5.91 Å². The van der Waals surface area contributed by atoms with Crippen molar-refractivity contribution in [2.45, 2.75) is 47.1 Å². The number of amides is 2. The minimum atomic E-state index is -0.0290. The lowest BCUT2D eigenvalue weighted by Crippen LogP contribution is -2.30. The lowest BCUT2D eigenvalue weighted by atomic mass is 10.1. The van der Waals surface area contributed by atoms with E-state index < -0.39 is 0 Å². The summed E-state index contributed by atoms with van der Waals surface area (Å²) in [6.45, 7) is 9.11. The second kappa shape index (κ2) is 9.29. The predicted molar refractivity (Wildman–Crippen MR) is 121 cm³/mol. The highest BCUT2D eigenvalue weighted by atomic mass is 16.2. The van der Waals surface area contributed by atoms with E-state index in [9.17, 15) is 9.59 Å². The van der Waals surface area contributed by atoms with Gasteiger partial charge < -0.3 is 9.80 Å². The summed E-state index contributed by atoms with van der Waals surface area (Å²) in [5, 5.41) is 4.51. The molecule has 2 aromatic heterocycles. The van der Waals surface area contributed by atoms with Gasteiger partial charge in [-0.05, 0) is 57.4 Å². The van der Waals surface area contributed by atoms with E-state index in [2.05, 4.69) is 10.1 Å². The molecule has 0 aliphatic rings. The SMILES string of the molecule is CCN(Cc1ccc(C(=O)N(C)C)cc1)C(=O)CCc1c(C)nc2cc(C)nn2c1C. The van der Waals surface area contributed by atoms with E-state index in [4.69, 9.17) is 0 Å². The summed E-state index contributed by atoms with van der Waals surface area (Å²) < 4.78 is 1.86. The number of carbonyl (C=O) groups excluding carboxylic acids is 2. The van der Waals surface area contributed by atoms with Crippen LogP contribution in [0, 0.1) is 20.8 Å². The van der Waals surface area contributed by atoms with Crippen LogP contribution < -0.4 is 0 Å². The van der Waals surface area contributed by atoms with Crippen LogP contribution >= 0.6 is 0 Å². The number of aromatic nitrogens is 3. The maximum atomic E-state index is 12.9. The van der Waals surface area contributed by atoms with Crippen molar-refractivity contribution in [2.24, 2.45) is 0 Å². The Kier molecular flexibility index (Phi) is 6.73. The molecule has 0 radical (unpaired) electrons. The van der Waals surface area contributed by atoms with E-state index in [1.807, 2.05) is 67.4 Å². The van der Waals surface area contributed by atoms with Crippen LogP contribution in [0.5, 0.6) is 0 Å². The number of rotatable bonds is 7. The van der Waals surface area contributed by atoms with Gasteiger partial charge in [0.2, 0.25) is 5.91 Å². The van der Waals surface area contributed by atoms with Gasteiger partial charge in [0.1, 0.15) is 0 Å². The second-order valence-electron chi connectivity index (χ2n) is 8.12. The van der Waals surface area contributed by atoms with Gasteiger partial charge in [-0.3, -0.25) is 9.59 Å². The Bertz CT molecular complexity index is 1100. The van der Waals surface area contributed by atoms with Crippen LogP contribution in [0.3, 0.4) is 0 Å². The van der Waals surface area contributed by atoms with Crippen LogP contribution in [-0.2, 0) is 17.8 Å². The van der Waals surface area contributed by atoms with E-state index in [1.54, 1.807) is 19.0 Å². The van der Waals surface area contributed by atoms with E-state index in [0.29, 0.717) is 31.5 Å². The molecule has 2 heterocycles. The van der Waals surface area contributed by atoms with E-state index >= 15 is 0 Å². The maximum absolute atomic E-state index is 12.9. The lowest BCUT2D eigenvalue weighted by Gasteiger charge is -2.22. The molecule has 0 saturated carbocycles. The van der Waals surface area contributed by atoms with E-state index in [1.165, 1.54) is 0 Å². The summed E-state index contributed by atoms with van der Waals surface area (Å²) in [6, 6.07) is 9.42. The third-order valence-electron chi connectivity index (χ3n) is 5.59. The summed E-state index contributed by atoms with van der Waals surface area (Å²) in [5.41, 5.74) is 6.48. The standard InChI is InChI=1S/C24H31N5O2/c1-7-28(15-19-8-10-20(11-9-19)24(31)27(5)6)23(30)13-12-21-17(3)25-22-14-16(2)26-29(22)18(21)4/h8-11,14H,7,12-13,15H2,1-6H3. The van der Waals surface area contributed by atoms with Gasteiger partial charge >= 0.3 is 0 Å². The van der Waals surface area contributed by atoms with Crippen LogP contribution in [0.2, 0.25) is 0 Å². The van der Waals surface area contributed by atoms with Crippen molar-refractivity contribution in [1.29, 1.82) is 0 Å². The zero-order valence-electron chi connectivity index (χ0n) is 19.3. The monoisotopic (exact) mass is 421 g/mol. The first kappa shape index (κ1) is 22.5. The Balaban J connectivity index is 1.68. The van der Waals surface area contributed by atoms with Gasteiger partial charge in [0, 0.05) is 56.6 Å². The fourth-order valence-corrected chi connectivity index (χ4v) is 3.80. The fourth-order valence-electron chi connectivity index (χ4n) is 3.80. The molecule has 3 aromatic rings.